The highest BCUT2D eigenvalue weighted by Crippen LogP contribution is 2.60. The maximum Gasteiger partial charge on any atom is 0.137 e. The van der Waals surface area contributed by atoms with E-state index in [9.17, 15) is 5.11 Å². The Bertz CT molecular complexity index is 344. The van der Waals surface area contributed by atoms with Crippen LogP contribution >= 0.6 is 11.6 Å². The van der Waals surface area contributed by atoms with E-state index in [1.165, 1.54) is 0 Å². The van der Waals surface area contributed by atoms with Crippen LogP contribution in [0.15, 0.2) is 18.2 Å². The number of phenolic OH excluding ortho intramolecular Hbond substituents is 1. The smallest absolute Gasteiger partial charge is 0.137 e. The third-order valence-corrected chi connectivity index (χ3v) is 3.21. The molecule has 1 N–H and O–H groups in total. The Hall–Kier alpha value is -0.690. The summed E-state index contributed by atoms with van der Waals surface area (Å²) in [6, 6.07) is 5.57. The second-order valence-corrected chi connectivity index (χ2v) is 4.83. The van der Waals surface area contributed by atoms with E-state index in [1.807, 2.05) is 12.1 Å². The van der Waals surface area contributed by atoms with Gasteiger partial charge in [-0.15, -0.1) is 0 Å². The maximum atomic E-state index is 9.71. The Morgan fingerprint density at radius 1 is 1.46 bits per heavy atom. The third kappa shape index (κ3) is 1.42. The average molecular weight is 197 g/mol. The van der Waals surface area contributed by atoms with Gasteiger partial charge in [0, 0.05) is 0 Å². The summed E-state index contributed by atoms with van der Waals surface area (Å²) in [5, 5.41) is 10.2. The van der Waals surface area contributed by atoms with Crippen molar-refractivity contribution in [3.63, 3.8) is 0 Å². The van der Waals surface area contributed by atoms with Gasteiger partial charge in [-0.2, -0.15) is 0 Å². The molecule has 0 heterocycles. The van der Waals surface area contributed by atoms with Gasteiger partial charge in [0.15, 0.2) is 0 Å². The first-order valence-electron chi connectivity index (χ1n) is 4.50. The van der Waals surface area contributed by atoms with Crippen molar-refractivity contribution in [2.75, 3.05) is 0 Å². The Kier molecular flexibility index (Phi) is 1.81. The highest BCUT2D eigenvalue weighted by Gasteiger charge is 2.47. The Labute approximate surface area is 83.3 Å². The van der Waals surface area contributed by atoms with Gasteiger partial charge in [0.25, 0.3) is 0 Å². The van der Waals surface area contributed by atoms with E-state index in [2.05, 4.69) is 13.8 Å². The number of benzene rings is 1. The standard InChI is InChI=1S/C11H13ClO/c1-11(2)6-8(11)7-4-3-5-9(12)10(7)13/h3-5,8,13H,6H2,1-2H3. The van der Waals surface area contributed by atoms with Crippen molar-refractivity contribution in [2.24, 2.45) is 5.41 Å². The van der Waals surface area contributed by atoms with Gasteiger partial charge in [-0.1, -0.05) is 37.6 Å². The van der Waals surface area contributed by atoms with Crippen molar-refractivity contribution in [1.82, 2.24) is 0 Å². The molecule has 0 radical (unpaired) electrons. The lowest BCUT2D eigenvalue weighted by Gasteiger charge is -2.07. The first-order chi connectivity index (χ1) is 6.02. The van der Waals surface area contributed by atoms with E-state index in [0.717, 1.165) is 12.0 Å². The van der Waals surface area contributed by atoms with E-state index in [4.69, 9.17) is 11.6 Å². The van der Waals surface area contributed by atoms with Crippen LogP contribution in [0.1, 0.15) is 31.7 Å². The minimum absolute atomic E-state index is 0.264. The van der Waals surface area contributed by atoms with Crippen LogP contribution in [0.3, 0.4) is 0 Å². The molecule has 70 valence electrons. The highest BCUT2D eigenvalue weighted by molar-refractivity contribution is 6.32. The van der Waals surface area contributed by atoms with E-state index < -0.39 is 0 Å². The van der Waals surface area contributed by atoms with E-state index >= 15 is 0 Å². The fraction of sp³-hybridized carbons (Fsp3) is 0.455. The second-order valence-electron chi connectivity index (χ2n) is 4.42. The number of rotatable bonds is 1. The Morgan fingerprint density at radius 3 is 2.62 bits per heavy atom. The molecular weight excluding hydrogens is 184 g/mol. The minimum Gasteiger partial charge on any atom is -0.506 e. The highest BCUT2D eigenvalue weighted by atomic mass is 35.5. The lowest BCUT2D eigenvalue weighted by molar-refractivity contribution is 0.464. The van der Waals surface area contributed by atoms with Crippen LogP contribution in [0.4, 0.5) is 0 Å². The molecule has 1 atom stereocenters. The van der Waals surface area contributed by atoms with Gasteiger partial charge in [-0.05, 0) is 29.4 Å². The van der Waals surface area contributed by atoms with Gasteiger partial charge in [0.05, 0.1) is 5.02 Å². The first-order valence-corrected chi connectivity index (χ1v) is 4.87. The number of halogens is 1. The summed E-state index contributed by atoms with van der Waals surface area (Å²) in [5.41, 5.74) is 1.33. The number of hydrogen-bond acceptors (Lipinski definition) is 1. The van der Waals surface area contributed by atoms with Crippen LogP contribution in [0.2, 0.25) is 5.02 Å². The molecular formula is C11H13ClO. The fourth-order valence-electron chi connectivity index (χ4n) is 1.81. The third-order valence-electron chi connectivity index (χ3n) is 2.91. The van der Waals surface area contributed by atoms with Crippen molar-refractivity contribution in [3.8, 4) is 5.75 Å². The average Bonchev–Trinajstić information content (AvgIpc) is 2.66. The predicted molar refractivity (Wildman–Crippen MR) is 54.3 cm³/mol. The topological polar surface area (TPSA) is 20.2 Å². The SMILES string of the molecule is CC1(C)CC1c1cccc(Cl)c1O. The van der Waals surface area contributed by atoms with Gasteiger partial charge < -0.3 is 5.11 Å². The fourth-order valence-corrected chi connectivity index (χ4v) is 1.99. The molecule has 2 heteroatoms. The Balaban J connectivity index is 2.38. The number of para-hydroxylation sites is 1. The van der Waals surface area contributed by atoms with Gasteiger partial charge in [-0.3, -0.25) is 0 Å². The summed E-state index contributed by atoms with van der Waals surface area (Å²) < 4.78 is 0. The molecule has 1 aromatic rings. The molecule has 1 saturated carbocycles. The van der Waals surface area contributed by atoms with E-state index in [-0.39, 0.29) is 5.75 Å². The van der Waals surface area contributed by atoms with Gasteiger partial charge in [0.1, 0.15) is 5.75 Å². The molecule has 1 aromatic carbocycles. The monoisotopic (exact) mass is 196 g/mol. The molecule has 1 aliphatic carbocycles. The normalized spacial score (nSPS) is 24.4. The quantitative estimate of drug-likeness (QED) is 0.728. The summed E-state index contributed by atoms with van der Waals surface area (Å²) in [5.74, 6) is 0.742. The number of aromatic hydroxyl groups is 1. The van der Waals surface area contributed by atoms with Crippen molar-refractivity contribution < 1.29 is 5.11 Å². The summed E-state index contributed by atoms with van der Waals surface area (Å²) in [7, 11) is 0. The number of phenols is 1. The van der Waals surface area contributed by atoms with E-state index in [1.54, 1.807) is 6.07 Å². The van der Waals surface area contributed by atoms with Crippen molar-refractivity contribution >= 4 is 11.6 Å². The molecule has 1 aliphatic rings. The zero-order chi connectivity index (χ0) is 9.64. The summed E-state index contributed by atoms with van der Waals surface area (Å²) in [6.45, 7) is 4.41. The van der Waals surface area contributed by atoms with Crippen LogP contribution in [0.5, 0.6) is 5.75 Å². The molecule has 1 fully saturated rings. The molecule has 13 heavy (non-hydrogen) atoms. The van der Waals surface area contributed by atoms with Crippen LogP contribution in [0.25, 0.3) is 0 Å². The van der Waals surface area contributed by atoms with Crippen molar-refractivity contribution in [3.05, 3.63) is 28.8 Å². The lowest BCUT2D eigenvalue weighted by atomic mass is 10.0. The summed E-state index contributed by atoms with van der Waals surface area (Å²) >= 11 is 5.83. The Morgan fingerprint density at radius 2 is 2.08 bits per heavy atom. The van der Waals surface area contributed by atoms with Gasteiger partial charge in [0.2, 0.25) is 0 Å². The molecule has 0 spiro atoms. The summed E-state index contributed by atoms with van der Waals surface area (Å²) in [6.07, 6.45) is 1.14. The molecule has 0 bridgehead atoms. The summed E-state index contributed by atoms with van der Waals surface area (Å²) in [4.78, 5) is 0. The van der Waals surface area contributed by atoms with Crippen LogP contribution in [-0.2, 0) is 0 Å². The lowest BCUT2D eigenvalue weighted by Crippen LogP contribution is -1.90. The van der Waals surface area contributed by atoms with Crippen molar-refractivity contribution in [1.29, 1.82) is 0 Å². The van der Waals surface area contributed by atoms with Crippen molar-refractivity contribution in [2.45, 2.75) is 26.2 Å². The largest absolute Gasteiger partial charge is 0.506 e. The zero-order valence-corrected chi connectivity index (χ0v) is 8.60. The molecule has 1 nitrogen and oxygen atoms in total. The van der Waals surface area contributed by atoms with Gasteiger partial charge >= 0.3 is 0 Å². The van der Waals surface area contributed by atoms with E-state index in [0.29, 0.717) is 16.4 Å². The molecule has 0 aromatic heterocycles. The zero-order valence-electron chi connectivity index (χ0n) is 7.84. The molecule has 0 saturated heterocycles. The predicted octanol–water partition coefficient (Wildman–Crippen LogP) is 3.56. The molecule has 2 rings (SSSR count). The number of hydrogen-bond donors (Lipinski definition) is 1. The molecule has 1 unspecified atom stereocenters. The molecule has 0 aliphatic heterocycles. The maximum absolute atomic E-state index is 9.71. The second kappa shape index (κ2) is 2.65. The van der Waals surface area contributed by atoms with Gasteiger partial charge in [-0.25, -0.2) is 0 Å². The van der Waals surface area contributed by atoms with Crippen LogP contribution < -0.4 is 0 Å². The van der Waals surface area contributed by atoms with Crippen LogP contribution in [-0.4, -0.2) is 5.11 Å². The molecule has 0 amide bonds. The van der Waals surface area contributed by atoms with Crippen LogP contribution in [0, 0.1) is 5.41 Å². The first kappa shape index (κ1) is 8.89. The minimum atomic E-state index is 0.264.